The Hall–Kier alpha value is -2.07. The molecule has 0 atom stereocenters. The number of nitrogens with two attached hydrogens (primary N) is 1. The van der Waals surface area contributed by atoms with Gasteiger partial charge in [0.05, 0.1) is 5.02 Å². The average molecular weight is 290 g/mol. The maximum atomic E-state index is 12.2. The van der Waals surface area contributed by atoms with E-state index in [4.69, 9.17) is 17.3 Å². The van der Waals surface area contributed by atoms with Gasteiger partial charge in [-0.25, -0.2) is 4.98 Å². The number of benzene rings is 1. The van der Waals surface area contributed by atoms with Crippen LogP contribution in [-0.2, 0) is 0 Å². The van der Waals surface area contributed by atoms with E-state index >= 15 is 0 Å². The molecule has 0 spiro atoms. The molecule has 0 fully saturated rings. The van der Waals surface area contributed by atoms with Crippen molar-refractivity contribution in [2.75, 3.05) is 11.1 Å². The zero-order valence-corrected chi connectivity index (χ0v) is 12.1. The van der Waals surface area contributed by atoms with Crippen LogP contribution in [0, 0.1) is 0 Å². The third kappa shape index (κ3) is 3.27. The molecule has 3 N–H and O–H groups in total. The molecule has 20 heavy (non-hydrogen) atoms. The lowest BCUT2D eigenvalue weighted by molar-refractivity contribution is 0.102. The first-order valence-corrected chi connectivity index (χ1v) is 6.68. The zero-order valence-electron chi connectivity index (χ0n) is 11.4. The minimum absolute atomic E-state index is 0.126. The summed E-state index contributed by atoms with van der Waals surface area (Å²) in [5, 5.41) is 3.05. The smallest absolute Gasteiger partial charge is 0.275 e. The maximum Gasteiger partial charge on any atom is 0.275 e. The Morgan fingerprint density at radius 2 is 2.05 bits per heavy atom. The Kier molecular flexibility index (Phi) is 4.25. The van der Waals surface area contributed by atoms with Crippen LogP contribution in [0.5, 0.6) is 0 Å². The van der Waals surface area contributed by atoms with E-state index in [0.29, 0.717) is 11.6 Å². The third-order valence-electron chi connectivity index (χ3n) is 2.89. The fourth-order valence-electron chi connectivity index (χ4n) is 1.78. The number of nitrogens with one attached hydrogen (secondary N) is 1. The second-order valence-corrected chi connectivity index (χ2v) is 5.21. The minimum Gasteiger partial charge on any atom is -0.384 e. The number of aromatic nitrogens is 1. The lowest BCUT2D eigenvalue weighted by Gasteiger charge is -2.10. The molecule has 0 aliphatic heterocycles. The van der Waals surface area contributed by atoms with Crippen LogP contribution < -0.4 is 11.1 Å². The first-order chi connectivity index (χ1) is 9.47. The lowest BCUT2D eigenvalue weighted by atomic mass is 10.0. The summed E-state index contributed by atoms with van der Waals surface area (Å²) in [6.45, 7) is 4.19. The number of pyridine rings is 1. The Balaban J connectivity index is 2.23. The van der Waals surface area contributed by atoms with Crippen molar-refractivity contribution in [2.45, 2.75) is 19.8 Å². The predicted molar refractivity (Wildman–Crippen MR) is 82.1 cm³/mol. The average Bonchev–Trinajstić information content (AvgIpc) is 2.41. The van der Waals surface area contributed by atoms with Crippen LogP contribution >= 0.6 is 11.6 Å². The molecule has 2 rings (SSSR count). The monoisotopic (exact) mass is 289 g/mol. The number of carbonyl (C=O) groups excluding carboxylic acids is 1. The highest BCUT2D eigenvalue weighted by atomic mass is 35.5. The van der Waals surface area contributed by atoms with Gasteiger partial charge in [0.25, 0.3) is 5.91 Å². The summed E-state index contributed by atoms with van der Waals surface area (Å²) in [6, 6.07) is 10.8. The fourth-order valence-corrected chi connectivity index (χ4v) is 1.97. The van der Waals surface area contributed by atoms with Crippen LogP contribution in [0.1, 0.15) is 35.8 Å². The van der Waals surface area contributed by atoms with E-state index < -0.39 is 0 Å². The van der Waals surface area contributed by atoms with Gasteiger partial charge in [0, 0.05) is 5.69 Å². The SMILES string of the molecule is CC(C)c1cccc(NC(=O)c2nc(N)ccc2Cl)c1. The molecule has 0 unspecified atom stereocenters. The summed E-state index contributed by atoms with van der Waals surface area (Å²) >= 11 is 5.96. The minimum atomic E-state index is -0.372. The number of nitrogens with zero attached hydrogens (tertiary/aromatic N) is 1. The van der Waals surface area contributed by atoms with Crippen molar-refractivity contribution in [3.8, 4) is 0 Å². The summed E-state index contributed by atoms with van der Waals surface area (Å²) in [6.07, 6.45) is 0. The number of anilines is 2. The topological polar surface area (TPSA) is 68.0 Å². The lowest BCUT2D eigenvalue weighted by Crippen LogP contribution is -2.15. The molecule has 2 aromatic rings. The summed E-state index contributed by atoms with van der Waals surface area (Å²) in [5.74, 6) is 0.277. The highest BCUT2D eigenvalue weighted by Crippen LogP contribution is 2.20. The number of halogens is 1. The van der Waals surface area contributed by atoms with E-state index in [0.717, 1.165) is 5.56 Å². The quantitative estimate of drug-likeness (QED) is 0.905. The van der Waals surface area contributed by atoms with Crippen LogP contribution in [-0.4, -0.2) is 10.9 Å². The van der Waals surface area contributed by atoms with Gasteiger partial charge in [-0.1, -0.05) is 37.6 Å². The molecule has 1 aromatic heterocycles. The predicted octanol–water partition coefficient (Wildman–Crippen LogP) is 3.69. The molecule has 104 valence electrons. The summed E-state index contributed by atoms with van der Waals surface area (Å²) < 4.78 is 0. The number of hydrogen-bond donors (Lipinski definition) is 2. The van der Waals surface area contributed by atoms with Gasteiger partial charge in [0.2, 0.25) is 0 Å². The first kappa shape index (κ1) is 14.3. The number of rotatable bonds is 3. The van der Waals surface area contributed by atoms with Crippen molar-refractivity contribution in [1.82, 2.24) is 4.98 Å². The van der Waals surface area contributed by atoms with Gasteiger partial charge in [-0.2, -0.15) is 0 Å². The molecule has 0 aliphatic rings. The first-order valence-electron chi connectivity index (χ1n) is 6.30. The molecule has 0 saturated heterocycles. The summed E-state index contributed by atoms with van der Waals surface area (Å²) in [4.78, 5) is 16.1. The number of amides is 1. The molecule has 0 aliphatic carbocycles. The van der Waals surface area contributed by atoms with Crippen molar-refractivity contribution in [3.63, 3.8) is 0 Å². The molecule has 0 saturated carbocycles. The molecule has 0 radical (unpaired) electrons. The highest BCUT2D eigenvalue weighted by molar-refractivity contribution is 6.34. The zero-order chi connectivity index (χ0) is 14.7. The molecular formula is C15H16ClN3O. The van der Waals surface area contributed by atoms with Gasteiger partial charge in [-0.05, 0) is 35.7 Å². The Labute approximate surface area is 123 Å². The molecular weight excluding hydrogens is 274 g/mol. The van der Waals surface area contributed by atoms with E-state index in [2.05, 4.69) is 24.1 Å². The van der Waals surface area contributed by atoms with Crippen LogP contribution in [0.25, 0.3) is 0 Å². The van der Waals surface area contributed by atoms with Crippen LogP contribution in [0.15, 0.2) is 36.4 Å². The molecule has 1 aromatic carbocycles. The number of carbonyl (C=O) groups is 1. The van der Waals surface area contributed by atoms with Crippen LogP contribution in [0.3, 0.4) is 0 Å². The summed E-state index contributed by atoms with van der Waals surface area (Å²) in [5.41, 5.74) is 7.56. The van der Waals surface area contributed by atoms with Gasteiger partial charge in [-0.3, -0.25) is 4.79 Å². The molecule has 5 heteroatoms. The van der Waals surface area contributed by atoms with E-state index in [-0.39, 0.29) is 22.4 Å². The molecule has 4 nitrogen and oxygen atoms in total. The van der Waals surface area contributed by atoms with Crippen molar-refractivity contribution >= 4 is 29.0 Å². The van der Waals surface area contributed by atoms with E-state index in [9.17, 15) is 4.79 Å². The van der Waals surface area contributed by atoms with Crippen molar-refractivity contribution in [2.24, 2.45) is 0 Å². The van der Waals surface area contributed by atoms with Crippen LogP contribution in [0.4, 0.5) is 11.5 Å². The molecule has 1 amide bonds. The van der Waals surface area contributed by atoms with E-state index in [1.165, 1.54) is 0 Å². The Morgan fingerprint density at radius 3 is 2.75 bits per heavy atom. The Bertz CT molecular complexity index is 641. The standard InChI is InChI=1S/C15H16ClN3O/c1-9(2)10-4-3-5-11(8-10)18-15(20)14-12(16)6-7-13(17)19-14/h3-9H,1-2H3,(H2,17,19)(H,18,20). The third-order valence-corrected chi connectivity index (χ3v) is 3.20. The molecule has 1 heterocycles. The van der Waals surface area contributed by atoms with Crippen LogP contribution in [0.2, 0.25) is 5.02 Å². The normalized spacial score (nSPS) is 10.6. The largest absolute Gasteiger partial charge is 0.384 e. The van der Waals surface area contributed by atoms with E-state index in [1.54, 1.807) is 12.1 Å². The van der Waals surface area contributed by atoms with Crippen molar-refractivity contribution < 1.29 is 4.79 Å². The van der Waals surface area contributed by atoms with Gasteiger partial charge in [0.15, 0.2) is 0 Å². The second-order valence-electron chi connectivity index (χ2n) is 4.80. The second kappa shape index (κ2) is 5.92. The van der Waals surface area contributed by atoms with Gasteiger partial charge in [-0.15, -0.1) is 0 Å². The van der Waals surface area contributed by atoms with Gasteiger partial charge < -0.3 is 11.1 Å². The number of nitrogen functional groups attached to an aromatic ring is 1. The Morgan fingerprint density at radius 1 is 1.30 bits per heavy atom. The molecule has 0 bridgehead atoms. The van der Waals surface area contributed by atoms with Crippen molar-refractivity contribution in [3.05, 3.63) is 52.7 Å². The fraction of sp³-hybridized carbons (Fsp3) is 0.200. The highest BCUT2D eigenvalue weighted by Gasteiger charge is 2.13. The van der Waals surface area contributed by atoms with Gasteiger partial charge in [0.1, 0.15) is 11.5 Å². The maximum absolute atomic E-state index is 12.2. The number of hydrogen-bond acceptors (Lipinski definition) is 3. The summed E-state index contributed by atoms with van der Waals surface area (Å²) in [7, 11) is 0. The van der Waals surface area contributed by atoms with E-state index in [1.807, 2.05) is 24.3 Å². The van der Waals surface area contributed by atoms with Gasteiger partial charge >= 0.3 is 0 Å². The van der Waals surface area contributed by atoms with Crippen molar-refractivity contribution in [1.29, 1.82) is 0 Å².